The summed E-state index contributed by atoms with van der Waals surface area (Å²) in [4.78, 5) is 0.155. The van der Waals surface area contributed by atoms with Gasteiger partial charge in [-0.1, -0.05) is 29.8 Å². The molecule has 0 atom stereocenters. The first-order chi connectivity index (χ1) is 10.5. The number of rotatable bonds is 3. The predicted octanol–water partition coefficient (Wildman–Crippen LogP) is 1.45. The number of primary sulfonamides is 2. The van der Waals surface area contributed by atoms with Crippen molar-refractivity contribution in [2.45, 2.75) is 23.4 Å². The number of benzene rings is 2. The fourth-order valence-electron chi connectivity index (χ4n) is 1.50. The Kier molecular flexibility index (Phi) is 6.39. The summed E-state index contributed by atoms with van der Waals surface area (Å²) in [6.07, 6.45) is 0. The summed E-state index contributed by atoms with van der Waals surface area (Å²) in [6, 6.07) is 11.7. The highest BCUT2D eigenvalue weighted by molar-refractivity contribution is 7.89. The number of alkyl halides is 1. The van der Waals surface area contributed by atoms with Gasteiger partial charge in [0, 0.05) is 0 Å². The van der Waals surface area contributed by atoms with Crippen LogP contribution in [0, 0.1) is 6.92 Å². The molecule has 2 rings (SSSR count). The lowest BCUT2D eigenvalue weighted by Crippen LogP contribution is -2.11. The van der Waals surface area contributed by atoms with E-state index in [9.17, 15) is 21.2 Å². The zero-order chi connectivity index (χ0) is 17.7. The van der Waals surface area contributed by atoms with E-state index in [1.165, 1.54) is 36.4 Å². The summed E-state index contributed by atoms with van der Waals surface area (Å²) in [7, 11) is -7.17. The van der Waals surface area contributed by atoms with Crippen LogP contribution in [-0.2, 0) is 26.7 Å². The van der Waals surface area contributed by atoms with Gasteiger partial charge in [0.15, 0.2) is 0 Å². The van der Waals surface area contributed by atoms with Crippen molar-refractivity contribution in [3.05, 3.63) is 59.7 Å². The van der Waals surface area contributed by atoms with Gasteiger partial charge in [-0.15, -0.1) is 0 Å². The number of aryl methyl sites for hydroxylation is 1. The molecule has 0 unspecified atom stereocenters. The molecule has 0 spiro atoms. The number of hydrogen-bond donors (Lipinski definition) is 2. The highest BCUT2D eigenvalue weighted by Gasteiger charge is 2.06. The van der Waals surface area contributed by atoms with E-state index in [4.69, 9.17) is 10.3 Å². The average Bonchev–Trinajstić information content (AvgIpc) is 2.46. The quantitative estimate of drug-likeness (QED) is 0.860. The van der Waals surface area contributed by atoms with E-state index >= 15 is 0 Å². The van der Waals surface area contributed by atoms with Gasteiger partial charge in [-0.25, -0.2) is 31.5 Å². The van der Waals surface area contributed by atoms with Gasteiger partial charge in [-0.05, 0) is 36.8 Å². The Morgan fingerprint density at radius 2 is 1.13 bits per heavy atom. The lowest BCUT2D eigenvalue weighted by atomic mass is 10.2. The molecule has 2 aromatic carbocycles. The van der Waals surface area contributed by atoms with Gasteiger partial charge < -0.3 is 0 Å². The predicted molar refractivity (Wildman–Crippen MR) is 85.2 cm³/mol. The average molecular weight is 360 g/mol. The van der Waals surface area contributed by atoms with Crippen molar-refractivity contribution in [1.29, 1.82) is 0 Å². The molecule has 0 saturated carbocycles. The summed E-state index contributed by atoms with van der Waals surface area (Å²) < 4.78 is 54.8. The van der Waals surface area contributed by atoms with Crippen molar-refractivity contribution in [3.8, 4) is 0 Å². The second-order valence-corrected chi connectivity index (χ2v) is 7.80. The maximum Gasteiger partial charge on any atom is 0.238 e. The molecular weight excluding hydrogens is 343 g/mol. The third-order valence-electron chi connectivity index (χ3n) is 2.76. The lowest BCUT2D eigenvalue weighted by Gasteiger charge is -1.97. The second kappa shape index (κ2) is 7.64. The Bertz CT molecular complexity index is 847. The summed E-state index contributed by atoms with van der Waals surface area (Å²) in [5.74, 6) is 0. The minimum absolute atomic E-state index is 0.000278. The molecule has 0 aliphatic carbocycles. The molecule has 0 heterocycles. The minimum Gasteiger partial charge on any atom is -0.246 e. The molecule has 126 valence electrons. The standard InChI is InChI=1S/C7H8FNO2S.C7H9NO2S/c8-5-6-1-3-7(4-2-6)12(9,10)11;1-6-2-4-7(5-3-6)11(8,9)10/h1-4H,5H2,(H2,9,10,11);2-5H,1H3,(H2,8,9,10). The monoisotopic (exact) mass is 360 g/mol. The third kappa shape index (κ3) is 6.45. The summed E-state index contributed by atoms with van der Waals surface area (Å²) in [5, 5.41) is 9.71. The first-order valence-corrected chi connectivity index (χ1v) is 9.40. The van der Waals surface area contributed by atoms with Gasteiger partial charge in [0.05, 0.1) is 9.79 Å². The third-order valence-corrected chi connectivity index (χ3v) is 4.61. The van der Waals surface area contributed by atoms with Gasteiger partial charge in [-0.2, -0.15) is 0 Å². The van der Waals surface area contributed by atoms with Crippen LogP contribution >= 0.6 is 0 Å². The highest BCUT2D eigenvalue weighted by Crippen LogP contribution is 2.09. The first-order valence-electron chi connectivity index (χ1n) is 6.31. The van der Waals surface area contributed by atoms with Crippen molar-refractivity contribution in [1.82, 2.24) is 0 Å². The molecule has 0 aliphatic rings. The van der Waals surface area contributed by atoms with E-state index in [-0.39, 0.29) is 9.79 Å². The molecule has 6 nitrogen and oxygen atoms in total. The topological polar surface area (TPSA) is 120 Å². The lowest BCUT2D eigenvalue weighted by molar-refractivity contribution is 0.485. The van der Waals surface area contributed by atoms with Crippen molar-refractivity contribution in [2.24, 2.45) is 10.3 Å². The van der Waals surface area contributed by atoms with E-state index in [1.54, 1.807) is 12.1 Å². The molecule has 2 aromatic rings. The molecule has 0 saturated heterocycles. The number of hydrogen-bond acceptors (Lipinski definition) is 4. The van der Waals surface area contributed by atoms with Gasteiger partial charge in [0.2, 0.25) is 20.0 Å². The molecule has 0 radical (unpaired) electrons. The number of sulfonamides is 2. The van der Waals surface area contributed by atoms with Gasteiger partial charge >= 0.3 is 0 Å². The van der Waals surface area contributed by atoms with E-state index in [0.717, 1.165) is 5.56 Å². The Morgan fingerprint density at radius 1 is 0.783 bits per heavy atom. The Morgan fingerprint density at radius 3 is 1.43 bits per heavy atom. The van der Waals surface area contributed by atoms with Crippen LogP contribution in [-0.4, -0.2) is 16.8 Å². The molecular formula is C14H17FN2O4S2. The zero-order valence-corrected chi connectivity index (χ0v) is 13.9. The summed E-state index contributed by atoms with van der Waals surface area (Å²) >= 11 is 0. The normalized spacial score (nSPS) is 11.5. The molecule has 9 heteroatoms. The van der Waals surface area contributed by atoms with Crippen LogP contribution in [0.25, 0.3) is 0 Å². The Labute approximate surface area is 135 Å². The second-order valence-electron chi connectivity index (χ2n) is 4.68. The molecule has 0 amide bonds. The van der Waals surface area contributed by atoms with Crippen LogP contribution in [0.5, 0.6) is 0 Å². The van der Waals surface area contributed by atoms with Crippen LogP contribution in [0.1, 0.15) is 11.1 Å². The maximum absolute atomic E-state index is 12.0. The van der Waals surface area contributed by atoms with Crippen molar-refractivity contribution < 1.29 is 21.2 Å². The minimum atomic E-state index is -3.65. The van der Waals surface area contributed by atoms with Crippen molar-refractivity contribution >= 4 is 20.0 Å². The molecule has 0 bridgehead atoms. The first kappa shape index (κ1) is 19.2. The Hall–Kier alpha value is -1.81. The fourth-order valence-corrected chi connectivity index (χ4v) is 2.53. The van der Waals surface area contributed by atoms with E-state index in [2.05, 4.69) is 0 Å². The largest absolute Gasteiger partial charge is 0.246 e. The van der Waals surface area contributed by atoms with Crippen LogP contribution in [0.4, 0.5) is 4.39 Å². The van der Waals surface area contributed by atoms with E-state index in [1.807, 2.05) is 6.92 Å². The number of nitrogens with two attached hydrogens (primary N) is 2. The zero-order valence-electron chi connectivity index (χ0n) is 12.3. The maximum atomic E-state index is 12.0. The van der Waals surface area contributed by atoms with E-state index in [0.29, 0.717) is 5.56 Å². The SMILES string of the molecule is Cc1ccc(S(N)(=O)=O)cc1.NS(=O)(=O)c1ccc(CF)cc1. The molecule has 23 heavy (non-hydrogen) atoms. The Balaban J connectivity index is 0.000000231. The molecule has 0 aliphatic heterocycles. The molecule has 4 N–H and O–H groups in total. The van der Waals surface area contributed by atoms with Crippen molar-refractivity contribution in [3.63, 3.8) is 0 Å². The summed E-state index contributed by atoms with van der Waals surface area (Å²) in [6.45, 7) is 1.28. The van der Waals surface area contributed by atoms with Crippen LogP contribution < -0.4 is 10.3 Å². The molecule has 0 aromatic heterocycles. The summed E-state index contributed by atoms with van der Waals surface area (Å²) in [5.41, 5.74) is 1.44. The van der Waals surface area contributed by atoms with Crippen LogP contribution in [0.2, 0.25) is 0 Å². The highest BCUT2D eigenvalue weighted by atomic mass is 32.2. The van der Waals surface area contributed by atoms with Gasteiger partial charge in [-0.3, -0.25) is 0 Å². The van der Waals surface area contributed by atoms with Crippen LogP contribution in [0.3, 0.4) is 0 Å². The van der Waals surface area contributed by atoms with Crippen LogP contribution in [0.15, 0.2) is 58.3 Å². The van der Waals surface area contributed by atoms with Gasteiger partial charge in [0.1, 0.15) is 6.67 Å². The van der Waals surface area contributed by atoms with Gasteiger partial charge in [0.25, 0.3) is 0 Å². The number of halogens is 1. The smallest absolute Gasteiger partial charge is 0.238 e. The van der Waals surface area contributed by atoms with Crippen molar-refractivity contribution in [2.75, 3.05) is 0 Å². The fraction of sp³-hybridized carbons (Fsp3) is 0.143. The van der Waals surface area contributed by atoms with E-state index < -0.39 is 26.7 Å². The molecule has 0 fully saturated rings.